The van der Waals surface area contributed by atoms with Crippen LogP contribution < -0.4 is 0 Å². The van der Waals surface area contributed by atoms with E-state index in [2.05, 4.69) is 4.74 Å². The van der Waals surface area contributed by atoms with E-state index in [1.54, 1.807) is 20.8 Å². The van der Waals surface area contributed by atoms with Gasteiger partial charge in [0.25, 0.3) is 0 Å². The van der Waals surface area contributed by atoms with E-state index >= 15 is 0 Å². The molecule has 3 atom stereocenters. The Hall–Kier alpha value is -1.41. The SMILES string of the molecule is COCOC(C(=O)OC)[C@@H]1C[C@H](F)CN1C(=O)OC(C)(C)C. The summed E-state index contributed by atoms with van der Waals surface area (Å²) < 4.78 is 33.7. The number of amides is 1. The predicted octanol–water partition coefficient (Wildman–Crippen LogP) is 1.50. The molecule has 0 spiro atoms. The van der Waals surface area contributed by atoms with E-state index in [4.69, 9.17) is 14.2 Å². The first-order valence-corrected chi connectivity index (χ1v) is 7.01. The number of esters is 1. The van der Waals surface area contributed by atoms with Crippen LogP contribution in [0, 0.1) is 0 Å². The van der Waals surface area contributed by atoms with Gasteiger partial charge in [0.15, 0.2) is 6.10 Å². The topological polar surface area (TPSA) is 74.3 Å². The quantitative estimate of drug-likeness (QED) is 0.564. The van der Waals surface area contributed by atoms with Crippen molar-refractivity contribution in [3.8, 4) is 0 Å². The van der Waals surface area contributed by atoms with Crippen molar-refractivity contribution in [2.24, 2.45) is 0 Å². The number of nitrogens with zero attached hydrogens (tertiary/aromatic N) is 1. The van der Waals surface area contributed by atoms with Crippen LogP contribution in [0.15, 0.2) is 0 Å². The highest BCUT2D eigenvalue weighted by Crippen LogP contribution is 2.27. The Bertz CT molecular complexity index is 397. The number of carbonyl (C=O) groups is 2. The highest BCUT2D eigenvalue weighted by atomic mass is 19.1. The van der Waals surface area contributed by atoms with E-state index in [0.717, 1.165) is 0 Å². The summed E-state index contributed by atoms with van der Waals surface area (Å²) in [5.41, 5.74) is -0.718. The molecule has 1 unspecified atom stereocenters. The first-order valence-electron chi connectivity index (χ1n) is 7.01. The third-order valence-electron chi connectivity index (χ3n) is 3.07. The van der Waals surface area contributed by atoms with E-state index < -0.39 is 36.0 Å². The maximum absolute atomic E-state index is 13.8. The fraction of sp³-hybridized carbons (Fsp3) is 0.857. The normalized spacial score (nSPS) is 23.3. The predicted molar refractivity (Wildman–Crippen MR) is 75.0 cm³/mol. The Morgan fingerprint density at radius 2 is 1.95 bits per heavy atom. The molecule has 1 aliphatic rings. The molecule has 1 aliphatic heterocycles. The summed E-state index contributed by atoms with van der Waals surface area (Å²) in [5.74, 6) is -0.690. The highest BCUT2D eigenvalue weighted by Gasteiger charge is 2.45. The summed E-state index contributed by atoms with van der Waals surface area (Å²) in [5, 5.41) is 0. The number of carbonyl (C=O) groups excluding carboxylic acids is 2. The first-order chi connectivity index (χ1) is 10.2. The van der Waals surface area contributed by atoms with Crippen LogP contribution in [0.5, 0.6) is 0 Å². The number of ether oxygens (including phenoxy) is 4. The van der Waals surface area contributed by atoms with Gasteiger partial charge in [0, 0.05) is 13.5 Å². The maximum atomic E-state index is 13.8. The zero-order chi connectivity index (χ0) is 16.9. The largest absolute Gasteiger partial charge is 0.467 e. The summed E-state index contributed by atoms with van der Waals surface area (Å²) in [7, 11) is 2.60. The van der Waals surface area contributed by atoms with Crippen molar-refractivity contribution in [3.63, 3.8) is 0 Å². The van der Waals surface area contributed by atoms with Crippen LogP contribution in [0.2, 0.25) is 0 Å². The summed E-state index contributed by atoms with van der Waals surface area (Å²) in [6, 6.07) is -0.799. The number of rotatable bonds is 5. The van der Waals surface area contributed by atoms with Crippen LogP contribution in [0.4, 0.5) is 9.18 Å². The molecule has 22 heavy (non-hydrogen) atoms. The molecule has 0 aromatic rings. The summed E-state index contributed by atoms with van der Waals surface area (Å²) in [6.45, 7) is 4.81. The lowest BCUT2D eigenvalue weighted by atomic mass is 10.1. The van der Waals surface area contributed by atoms with Crippen LogP contribution in [-0.2, 0) is 23.7 Å². The molecule has 1 heterocycles. The number of methoxy groups -OCH3 is 2. The molecule has 0 saturated carbocycles. The lowest BCUT2D eigenvalue weighted by Crippen LogP contribution is -2.49. The van der Waals surface area contributed by atoms with Crippen molar-refractivity contribution in [1.29, 1.82) is 0 Å². The number of hydrogen-bond acceptors (Lipinski definition) is 6. The standard InChI is InChI=1S/C14H24FNO6/c1-14(2,3)22-13(18)16-7-9(15)6-10(16)11(12(17)20-5)21-8-19-4/h9-11H,6-8H2,1-5H3/t9-,10-,11?/m0/s1. The third-order valence-corrected chi connectivity index (χ3v) is 3.07. The van der Waals surface area contributed by atoms with Gasteiger partial charge in [0.2, 0.25) is 0 Å². The third kappa shape index (κ3) is 5.10. The molecule has 128 valence electrons. The second-order valence-electron chi connectivity index (χ2n) is 6.05. The van der Waals surface area contributed by atoms with Gasteiger partial charge >= 0.3 is 12.1 Å². The average molecular weight is 321 g/mol. The molecular formula is C14H24FNO6. The number of alkyl halides is 1. The summed E-state index contributed by atoms with van der Waals surface area (Å²) in [6.07, 6.45) is -3.09. The van der Waals surface area contributed by atoms with Crippen molar-refractivity contribution in [1.82, 2.24) is 4.90 Å². The van der Waals surface area contributed by atoms with Crippen LogP contribution in [0.1, 0.15) is 27.2 Å². The van der Waals surface area contributed by atoms with Crippen molar-refractivity contribution < 1.29 is 32.9 Å². The van der Waals surface area contributed by atoms with E-state index in [9.17, 15) is 14.0 Å². The van der Waals surface area contributed by atoms with E-state index in [1.807, 2.05) is 0 Å². The Morgan fingerprint density at radius 1 is 1.32 bits per heavy atom. The first kappa shape index (κ1) is 18.6. The lowest BCUT2D eigenvalue weighted by Gasteiger charge is -2.31. The van der Waals surface area contributed by atoms with Gasteiger partial charge in [-0.05, 0) is 20.8 Å². The molecule has 1 saturated heterocycles. The van der Waals surface area contributed by atoms with Crippen LogP contribution in [0.3, 0.4) is 0 Å². The Balaban J connectivity index is 2.90. The molecule has 7 nitrogen and oxygen atoms in total. The molecule has 0 radical (unpaired) electrons. The molecule has 1 fully saturated rings. The van der Waals surface area contributed by atoms with Crippen molar-refractivity contribution >= 4 is 12.1 Å². The van der Waals surface area contributed by atoms with E-state index in [-0.39, 0.29) is 19.8 Å². The lowest BCUT2D eigenvalue weighted by molar-refractivity contribution is -0.167. The van der Waals surface area contributed by atoms with Gasteiger partial charge in [0.1, 0.15) is 18.6 Å². The monoisotopic (exact) mass is 321 g/mol. The fourth-order valence-corrected chi connectivity index (χ4v) is 2.22. The fourth-order valence-electron chi connectivity index (χ4n) is 2.22. The van der Waals surface area contributed by atoms with Crippen LogP contribution >= 0.6 is 0 Å². The molecule has 0 N–H and O–H groups in total. The van der Waals surface area contributed by atoms with Gasteiger partial charge < -0.3 is 18.9 Å². The second kappa shape index (κ2) is 7.73. The Kier molecular flexibility index (Phi) is 6.55. The molecule has 0 aromatic carbocycles. The minimum absolute atomic E-state index is 0.0251. The van der Waals surface area contributed by atoms with E-state index in [0.29, 0.717) is 0 Å². The molecule has 0 aliphatic carbocycles. The van der Waals surface area contributed by atoms with Gasteiger partial charge in [-0.15, -0.1) is 0 Å². The smallest absolute Gasteiger partial charge is 0.410 e. The average Bonchev–Trinajstić information content (AvgIpc) is 2.79. The maximum Gasteiger partial charge on any atom is 0.410 e. The molecule has 8 heteroatoms. The molecule has 1 rings (SSSR count). The zero-order valence-electron chi connectivity index (χ0n) is 13.6. The summed E-state index contributed by atoms with van der Waals surface area (Å²) in [4.78, 5) is 25.2. The molecule has 0 aromatic heterocycles. The summed E-state index contributed by atoms with van der Waals surface area (Å²) >= 11 is 0. The molecular weight excluding hydrogens is 297 g/mol. The second-order valence-corrected chi connectivity index (χ2v) is 6.05. The Morgan fingerprint density at radius 3 is 2.45 bits per heavy atom. The van der Waals surface area contributed by atoms with Crippen LogP contribution in [-0.4, -0.2) is 68.4 Å². The Labute approximate surface area is 129 Å². The van der Waals surface area contributed by atoms with E-state index in [1.165, 1.54) is 19.1 Å². The van der Waals surface area contributed by atoms with Gasteiger partial charge in [-0.2, -0.15) is 0 Å². The highest BCUT2D eigenvalue weighted by molar-refractivity contribution is 5.77. The number of halogens is 1. The number of hydrogen-bond donors (Lipinski definition) is 0. The minimum Gasteiger partial charge on any atom is -0.467 e. The van der Waals surface area contributed by atoms with Crippen molar-refractivity contribution in [2.45, 2.75) is 51.1 Å². The van der Waals surface area contributed by atoms with Gasteiger partial charge in [0.05, 0.1) is 19.7 Å². The zero-order valence-corrected chi connectivity index (χ0v) is 13.6. The van der Waals surface area contributed by atoms with Crippen molar-refractivity contribution in [3.05, 3.63) is 0 Å². The molecule has 1 amide bonds. The van der Waals surface area contributed by atoms with Crippen molar-refractivity contribution in [2.75, 3.05) is 27.6 Å². The van der Waals surface area contributed by atoms with Gasteiger partial charge in [-0.25, -0.2) is 14.0 Å². The van der Waals surface area contributed by atoms with Crippen LogP contribution in [0.25, 0.3) is 0 Å². The minimum atomic E-state index is -1.25. The number of likely N-dealkylation sites (tertiary alicyclic amines) is 1. The van der Waals surface area contributed by atoms with Gasteiger partial charge in [-0.1, -0.05) is 0 Å². The van der Waals surface area contributed by atoms with Gasteiger partial charge in [-0.3, -0.25) is 4.90 Å². The molecule has 0 bridgehead atoms.